The third-order valence-corrected chi connectivity index (χ3v) is 2.13. The molecule has 2 heteroatoms. The summed E-state index contributed by atoms with van der Waals surface area (Å²) in [6, 6.07) is 7.48. The van der Waals surface area contributed by atoms with E-state index in [1.54, 1.807) is 6.07 Å². The summed E-state index contributed by atoms with van der Waals surface area (Å²) in [5.74, 6) is 0.438. The van der Waals surface area contributed by atoms with E-state index in [4.69, 9.17) is 5.11 Å². The molecule has 0 spiro atoms. The summed E-state index contributed by atoms with van der Waals surface area (Å²) < 4.78 is 0. The zero-order valence-electron chi connectivity index (χ0n) is 5.46. The lowest BCUT2D eigenvalue weighted by Gasteiger charge is -1.97. The van der Waals surface area contributed by atoms with Crippen LogP contribution in [0.2, 0.25) is 0 Å². The van der Waals surface area contributed by atoms with Crippen molar-refractivity contribution in [3.63, 3.8) is 0 Å². The van der Waals surface area contributed by atoms with E-state index >= 15 is 0 Å². The lowest BCUT2D eigenvalue weighted by atomic mass is 10.2. The quantitative estimate of drug-likeness (QED) is 0.558. The first-order chi connectivity index (χ1) is 4.34. The fraction of sp³-hybridized carbons (Fsp3) is 0.143. The molecule has 0 aliphatic heterocycles. The summed E-state index contributed by atoms with van der Waals surface area (Å²) in [7, 11) is 0. The fourth-order valence-corrected chi connectivity index (χ4v) is 1.41. The van der Waals surface area contributed by atoms with Crippen LogP contribution in [0.3, 0.4) is 0 Å². The molecule has 0 aliphatic carbocycles. The monoisotopic (exact) mass is 136 g/mol. The molecule has 0 heterocycles. The van der Waals surface area contributed by atoms with Crippen molar-refractivity contribution in [1.29, 1.82) is 0 Å². The molecule has 0 saturated carbocycles. The van der Waals surface area contributed by atoms with Gasteiger partial charge in [-0.3, -0.25) is 0 Å². The standard InChI is InChI=1S/C7H7O.Al.2H/c1-6-4-2-3-5-7(6)8;;;/h2-5,8H,1H2;;;. The minimum Gasteiger partial charge on any atom is -0.508 e. The van der Waals surface area contributed by atoms with Crippen molar-refractivity contribution in [2.75, 3.05) is 0 Å². The van der Waals surface area contributed by atoms with E-state index in [-0.39, 0.29) is 0 Å². The van der Waals surface area contributed by atoms with Gasteiger partial charge in [-0.05, 0) is 11.6 Å². The molecule has 0 aliphatic rings. The Labute approximate surface area is 62.8 Å². The first-order valence-electron chi connectivity index (χ1n) is 3.11. The molecule has 0 bridgehead atoms. The molecule has 46 valence electrons. The molecular formula is C7H9AlO. The summed E-state index contributed by atoms with van der Waals surface area (Å²) in [6.07, 6.45) is 0. The minimum absolute atomic E-state index is 0.438. The average Bonchev–Trinajstić information content (AvgIpc) is 1.89. The van der Waals surface area contributed by atoms with Crippen LogP contribution < -0.4 is 0 Å². The third kappa shape index (κ3) is 1.48. The van der Waals surface area contributed by atoms with Gasteiger partial charge in [0.05, 0.1) is 0 Å². The van der Waals surface area contributed by atoms with E-state index in [1.807, 2.05) is 18.2 Å². The summed E-state index contributed by atoms with van der Waals surface area (Å²) in [4.78, 5) is 0. The van der Waals surface area contributed by atoms with E-state index in [0.717, 1.165) is 27.1 Å². The van der Waals surface area contributed by atoms with Crippen LogP contribution in [0.1, 0.15) is 5.56 Å². The van der Waals surface area contributed by atoms with E-state index in [0.29, 0.717) is 5.75 Å². The van der Waals surface area contributed by atoms with E-state index in [2.05, 4.69) is 0 Å². The molecule has 0 fully saturated rings. The Morgan fingerprint density at radius 3 is 2.44 bits per heavy atom. The molecule has 0 aromatic heterocycles. The van der Waals surface area contributed by atoms with Crippen LogP contribution in [0.15, 0.2) is 24.3 Å². The van der Waals surface area contributed by atoms with Gasteiger partial charge in [-0.15, -0.1) is 0 Å². The van der Waals surface area contributed by atoms with Crippen LogP contribution in [-0.2, 0) is 5.28 Å². The Bertz CT molecular complexity index is 198. The van der Waals surface area contributed by atoms with Crippen molar-refractivity contribution < 1.29 is 5.11 Å². The van der Waals surface area contributed by atoms with Gasteiger partial charge in [-0.25, -0.2) is 0 Å². The molecule has 1 nitrogen and oxygen atoms in total. The van der Waals surface area contributed by atoms with Crippen molar-refractivity contribution in [2.24, 2.45) is 0 Å². The number of para-hydroxylation sites is 1. The molecule has 0 radical (unpaired) electrons. The highest BCUT2D eigenvalue weighted by Crippen LogP contribution is 2.13. The van der Waals surface area contributed by atoms with E-state index in [9.17, 15) is 0 Å². The van der Waals surface area contributed by atoms with Gasteiger partial charge in [0, 0.05) is 0 Å². The topological polar surface area (TPSA) is 20.2 Å². The highest BCUT2D eigenvalue weighted by atomic mass is 27.0. The second-order valence-corrected chi connectivity index (χ2v) is 2.69. The largest absolute Gasteiger partial charge is 0.508 e. The van der Waals surface area contributed by atoms with Gasteiger partial charge in [-0.1, -0.05) is 23.5 Å². The second-order valence-electron chi connectivity index (χ2n) is 1.98. The molecule has 1 N–H and O–H groups in total. The minimum atomic E-state index is 0.438. The maximum atomic E-state index is 9.13. The van der Waals surface area contributed by atoms with Crippen molar-refractivity contribution in [3.8, 4) is 5.75 Å². The molecule has 0 atom stereocenters. The number of hydrogen-bond donors (Lipinski definition) is 1. The highest BCUT2D eigenvalue weighted by molar-refractivity contribution is 6.08. The van der Waals surface area contributed by atoms with Crippen molar-refractivity contribution in [1.82, 2.24) is 0 Å². The zero-order chi connectivity index (χ0) is 6.69. The first-order valence-corrected chi connectivity index (χ1v) is 4.53. The molecule has 1 rings (SSSR count). The van der Waals surface area contributed by atoms with Gasteiger partial charge >= 0.3 is 0 Å². The number of aromatic hydroxyl groups is 1. The predicted octanol–water partition coefficient (Wildman–Crippen LogP) is 0.525. The Hall–Kier alpha value is -0.448. The van der Waals surface area contributed by atoms with Gasteiger partial charge in [-0.2, -0.15) is 0 Å². The third-order valence-electron chi connectivity index (χ3n) is 1.37. The molecule has 0 saturated heterocycles. The van der Waals surface area contributed by atoms with Gasteiger partial charge in [0.1, 0.15) is 5.75 Å². The smallest absolute Gasteiger partial charge is 0.218 e. The molecule has 9 heavy (non-hydrogen) atoms. The Balaban J connectivity index is 3.01. The van der Waals surface area contributed by atoms with Crippen LogP contribution in [0.4, 0.5) is 0 Å². The van der Waals surface area contributed by atoms with Crippen LogP contribution in [-0.4, -0.2) is 21.4 Å². The Morgan fingerprint density at radius 2 is 2.00 bits per heavy atom. The predicted molar refractivity (Wildman–Crippen MR) is 40.4 cm³/mol. The Kier molecular flexibility index (Phi) is 2.16. The average molecular weight is 136 g/mol. The summed E-state index contributed by atoms with van der Waals surface area (Å²) in [6.45, 7) is 0. The normalized spacial score (nSPS) is 9.33. The summed E-state index contributed by atoms with van der Waals surface area (Å²) in [5.41, 5.74) is 1.07. The lowest BCUT2D eigenvalue weighted by molar-refractivity contribution is 0.470. The van der Waals surface area contributed by atoms with Gasteiger partial charge in [0.2, 0.25) is 16.3 Å². The summed E-state index contributed by atoms with van der Waals surface area (Å²) in [5, 5.41) is 10.2. The Morgan fingerprint density at radius 1 is 1.33 bits per heavy atom. The maximum absolute atomic E-state index is 9.13. The SMILES string of the molecule is Oc1ccccc1[CH2][AlH2]. The lowest BCUT2D eigenvalue weighted by Crippen LogP contribution is -1.81. The van der Waals surface area contributed by atoms with Gasteiger partial charge < -0.3 is 5.11 Å². The van der Waals surface area contributed by atoms with Crippen LogP contribution in [0.25, 0.3) is 0 Å². The number of phenols is 1. The molecule has 0 amide bonds. The first kappa shape index (κ1) is 6.67. The fourth-order valence-electron chi connectivity index (χ4n) is 0.810. The zero-order valence-corrected chi connectivity index (χ0v) is 7.46. The van der Waals surface area contributed by atoms with Crippen molar-refractivity contribution in [3.05, 3.63) is 29.8 Å². The molecule has 1 aromatic rings. The number of phenolic OH excluding ortho intramolecular Hbond substituents is 1. The number of rotatable bonds is 1. The molecule has 1 aromatic carbocycles. The number of hydrogen-bond acceptors (Lipinski definition) is 1. The highest BCUT2D eigenvalue weighted by Gasteiger charge is 1.92. The van der Waals surface area contributed by atoms with E-state index in [1.165, 1.54) is 0 Å². The van der Waals surface area contributed by atoms with Crippen LogP contribution >= 0.6 is 0 Å². The van der Waals surface area contributed by atoms with Crippen LogP contribution in [0.5, 0.6) is 5.75 Å². The van der Waals surface area contributed by atoms with Crippen LogP contribution in [0, 0.1) is 0 Å². The summed E-state index contributed by atoms with van der Waals surface area (Å²) >= 11 is 1.12. The molecular weight excluding hydrogens is 127 g/mol. The van der Waals surface area contributed by atoms with E-state index < -0.39 is 0 Å². The van der Waals surface area contributed by atoms with Crippen molar-refractivity contribution >= 4 is 16.3 Å². The van der Waals surface area contributed by atoms with Gasteiger partial charge in [0.25, 0.3) is 0 Å². The van der Waals surface area contributed by atoms with Gasteiger partial charge in [0.15, 0.2) is 0 Å². The van der Waals surface area contributed by atoms with Crippen molar-refractivity contribution in [2.45, 2.75) is 5.28 Å². The molecule has 0 unspecified atom stereocenters. The second kappa shape index (κ2) is 2.91. The maximum Gasteiger partial charge on any atom is 0.218 e. The number of benzene rings is 1.